The molecule has 100 valence electrons. The van der Waals surface area contributed by atoms with Crippen molar-refractivity contribution < 1.29 is 0 Å². The lowest BCUT2D eigenvalue weighted by Gasteiger charge is -2.36. The lowest BCUT2D eigenvalue weighted by atomic mass is 9.76. The summed E-state index contributed by atoms with van der Waals surface area (Å²) in [6.45, 7) is 5.78. The molecule has 2 heteroatoms. The van der Waals surface area contributed by atoms with E-state index in [1.807, 2.05) is 0 Å². The van der Waals surface area contributed by atoms with Gasteiger partial charge in [0.1, 0.15) is 0 Å². The Bertz CT molecular complexity index is 205. The van der Waals surface area contributed by atoms with Crippen LogP contribution in [0.4, 0.5) is 0 Å². The summed E-state index contributed by atoms with van der Waals surface area (Å²) >= 11 is 2.23. The zero-order valence-electron chi connectivity index (χ0n) is 11.6. The summed E-state index contributed by atoms with van der Waals surface area (Å²) in [5.41, 5.74) is 0. The zero-order valence-corrected chi connectivity index (χ0v) is 12.4. The normalized spacial score (nSPS) is 36.0. The Labute approximate surface area is 112 Å². The zero-order chi connectivity index (χ0) is 12.1. The average molecular weight is 255 g/mol. The Kier molecular flexibility index (Phi) is 5.68. The predicted octanol–water partition coefficient (Wildman–Crippen LogP) is 4.08. The third kappa shape index (κ3) is 3.64. The van der Waals surface area contributed by atoms with Crippen LogP contribution in [0.5, 0.6) is 0 Å². The summed E-state index contributed by atoms with van der Waals surface area (Å²) in [5, 5.41) is 4.72. The standard InChI is InChI=1S/C15H29NS/c1-3-12-7-9-13(10-8-12)15(16-4-2)14-6-5-11-17-14/h12-16H,3-11H2,1-2H3. The van der Waals surface area contributed by atoms with Crippen LogP contribution in [0, 0.1) is 11.8 Å². The van der Waals surface area contributed by atoms with E-state index in [1.54, 1.807) is 0 Å². The molecule has 0 bridgehead atoms. The van der Waals surface area contributed by atoms with Gasteiger partial charge in [0.15, 0.2) is 0 Å². The number of thioether (sulfide) groups is 1. The van der Waals surface area contributed by atoms with E-state index in [4.69, 9.17) is 0 Å². The van der Waals surface area contributed by atoms with Crippen molar-refractivity contribution in [1.29, 1.82) is 0 Å². The van der Waals surface area contributed by atoms with Crippen molar-refractivity contribution in [2.75, 3.05) is 12.3 Å². The Balaban J connectivity index is 1.87. The van der Waals surface area contributed by atoms with Gasteiger partial charge in [0.2, 0.25) is 0 Å². The third-order valence-electron chi connectivity index (χ3n) is 4.78. The first kappa shape index (κ1) is 13.7. The van der Waals surface area contributed by atoms with E-state index in [1.165, 1.54) is 50.7 Å². The van der Waals surface area contributed by atoms with Crippen LogP contribution in [0.25, 0.3) is 0 Å². The fourth-order valence-electron chi connectivity index (χ4n) is 3.68. The first-order valence-electron chi connectivity index (χ1n) is 7.70. The smallest absolute Gasteiger partial charge is 0.0214 e. The Morgan fingerprint density at radius 3 is 2.41 bits per heavy atom. The molecule has 1 nitrogen and oxygen atoms in total. The summed E-state index contributed by atoms with van der Waals surface area (Å²) in [7, 11) is 0. The highest BCUT2D eigenvalue weighted by atomic mass is 32.2. The lowest BCUT2D eigenvalue weighted by molar-refractivity contribution is 0.215. The van der Waals surface area contributed by atoms with Crippen LogP contribution in [-0.4, -0.2) is 23.6 Å². The molecule has 1 saturated carbocycles. The van der Waals surface area contributed by atoms with Gasteiger partial charge in [0.05, 0.1) is 0 Å². The van der Waals surface area contributed by atoms with Gasteiger partial charge in [0.25, 0.3) is 0 Å². The number of nitrogens with one attached hydrogen (secondary N) is 1. The van der Waals surface area contributed by atoms with Gasteiger partial charge in [0, 0.05) is 11.3 Å². The molecule has 1 N–H and O–H groups in total. The van der Waals surface area contributed by atoms with Crippen LogP contribution in [-0.2, 0) is 0 Å². The van der Waals surface area contributed by atoms with E-state index in [0.717, 1.165) is 29.7 Å². The summed E-state index contributed by atoms with van der Waals surface area (Å²) in [6, 6.07) is 0.810. The topological polar surface area (TPSA) is 12.0 Å². The van der Waals surface area contributed by atoms with E-state index < -0.39 is 0 Å². The van der Waals surface area contributed by atoms with Gasteiger partial charge in [-0.3, -0.25) is 0 Å². The van der Waals surface area contributed by atoms with Crippen molar-refractivity contribution in [2.24, 2.45) is 11.8 Å². The molecule has 0 spiro atoms. The molecule has 0 radical (unpaired) electrons. The first-order chi connectivity index (χ1) is 8.35. The molecule has 2 unspecified atom stereocenters. The van der Waals surface area contributed by atoms with Crippen LogP contribution in [0.15, 0.2) is 0 Å². The molecule has 17 heavy (non-hydrogen) atoms. The lowest BCUT2D eigenvalue weighted by Crippen LogP contribution is -2.44. The summed E-state index contributed by atoms with van der Waals surface area (Å²) in [5.74, 6) is 3.40. The molecule has 1 saturated heterocycles. The van der Waals surface area contributed by atoms with E-state index in [0.29, 0.717) is 0 Å². The molecule has 1 aliphatic heterocycles. The van der Waals surface area contributed by atoms with Crippen molar-refractivity contribution in [3.05, 3.63) is 0 Å². The number of hydrogen-bond acceptors (Lipinski definition) is 2. The maximum absolute atomic E-state index is 3.81. The third-order valence-corrected chi connectivity index (χ3v) is 6.26. The molecular formula is C15H29NS. The Hall–Kier alpha value is 0.310. The molecule has 0 aromatic carbocycles. The highest BCUT2D eigenvalue weighted by molar-refractivity contribution is 8.00. The highest BCUT2D eigenvalue weighted by Gasteiger charge is 2.33. The van der Waals surface area contributed by atoms with Crippen LogP contribution < -0.4 is 5.32 Å². The van der Waals surface area contributed by atoms with Gasteiger partial charge in [-0.1, -0.05) is 33.1 Å². The van der Waals surface area contributed by atoms with E-state index in [-0.39, 0.29) is 0 Å². The van der Waals surface area contributed by atoms with Crippen molar-refractivity contribution in [1.82, 2.24) is 5.32 Å². The van der Waals surface area contributed by atoms with Gasteiger partial charge in [-0.05, 0) is 49.8 Å². The second-order valence-electron chi connectivity index (χ2n) is 5.82. The molecular weight excluding hydrogens is 226 g/mol. The van der Waals surface area contributed by atoms with Gasteiger partial charge in [-0.15, -0.1) is 0 Å². The van der Waals surface area contributed by atoms with Crippen molar-refractivity contribution in [3.8, 4) is 0 Å². The average Bonchev–Trinajstić information content (AvgIpc) is 2.90. The fourth-order valence-corrected chi connectivity index (χ4v) is 5.17. The fraction of sp³-hybridized carbons (Fsp3) is 1.00. The van der Waals surface area contributed by atoms with Crippen LogP contribution in [0.1, 0.15) is 58.8 Å². The molecule has 2 rings (SSSR count). The molecule has 2 atom stereocenters. The minimum absolute atomic E-state index is 0.810. The second kappa shape index (κ2) is 7.04. The summed E-state index contributed by atoms with van der Waals surface area (Å²) < 4.78 is 0. The maximum atomic E-state index is 3.81. The highest BCUT2D eigenvalue weighted by Crippen LogP contribution is 2.38. The number of hydrogen-bond donors (Lipinski definition) is 1. The molecule has 1 aliphatic carbocycles. The minimum Gasteiger partial charge on any atom is -0.313 e. The SMILES string of the molecule is CCNC(C1CCC(CC)CC1)C1CCCS1. The van der Waals surface area contributed by atoms with Gasteiger partial charge < -0.3 is 5.32 Å². The predicted molar refractivity (Wildman–Crippen MR) is 78.7 cm³/mol. The number of rotatable bonds is 5. The van der Waals surface area contributed by atoms with Crippen LogP contribution in [0.3, 0.4) is 0 Å². The van der Waals surface area contributed by atoms with Crippen LogP contribution in [0.2, 0.25) is 0 Å². The Morgan fingerprint density at radius 2 is 1.88 bits per heavy atom. The molecule has 2 aliphatic rings. The second-order valence-corrected chi connectivity index (χ2v) is 7.17. The molecule has 2 fully saturated rings. The van der Waals surface area contributed by atoms with Crippen LogP contribution >= 0.6 is 11.8 Å². The molecule has 1 heterocycles. The quantitative estimate of drug-likeness (QED) is 0.794. The van der Waals surface area contributed by atoms with Gasteiger partial charge in [-0.2, -0.15) is 11.8 Å². The minimum atomic E-state index is 0.810. The first-order valence-corrected chi connectivity index (χ1v) is 8.75. The molecule has 0 amide bonds. The summed E-state index contributed by atoms with van der Waals surface area (Å²) in [6.07, 6.45) is 10.2. The largest absolute Gasteiger partial charge is 0.313 e. The monoisotopic (exact) mass is 255 g/mol. The van der Waals surface area contributed by atoms with E-state index in [9.17, 15) is 0 Å². The van der Waals surface area contributed by atoms with E-state index >= 15 is 0 Å². The molecule has 0 aromatic heterocycles. The summed E-state index contributed by atoms with van der Waals surface area (Å²) in [4.78, 5) is 0. The van der Waals surface area contributed by atoms with Crippen molar-refractivity contribution >= 4 is 11.8 Å². The van der Waals surface area contributed by atoms with Crippen molar-refractivity contribution in [3.63, 3.8) is 0 Å². The van der Waals surface area contributed by atoms with E-state index in [2.05, 4.69) is 30.9 Å². The van der Waals surface area contributed by atoms with Crippen molar-refractivity contribution in [2.45, 2.75) is 70.1 Å². The maximum Gasteiger partial charge on any atom is 0.0214 e. The molecule has 0 aromatic rings. The Morgan fingerprint density at radius 1 is 1.12 bits per heavy atom. The van der Waals surface area contributed by atoms with Gasteiger partial charge >= 0.3 is 0 Å². The van der Waals surface area contributed by atoms with Gasteiger partial charge in [-0.25, -0.2) is 0 Å².